The number of carbonyl (C=O) groups is 1. The van der Waals surface area contributed by atoms with E-state index in [0.29, 0.717) is 12.0 Å². The Kier molecular flexibility index (Phi) is 2.26. The van der Waals surface area contributed by atoms with Crippen LogP contribution in [0.2, 0.25) is 0 Å². The van der Waals surface area contributed by atoms with Gasteiger partial charge in [0.1, 0.15) is 17.4 Å². The molecule has 84 valence electrons. The van der Waals surface area contributed by atoms with E-state index < -0.39 is 10.9 Å². The Morgan fingerprint density at radius 1 is 1.62 bits per heavy atom. The molecule has 6 heteroatoms. The van der Waals surface area contributed by atoms with Crippen molar-refractivity contribution in [2.24, 2.45) is 0 Å². The Hall–Kier alpha value is -2.11. The number of hydrogen-bond acceptors (Lipinski definition) is 4. The number of rotatable bonds is 2. The summed E-state index contributed by atoms with van der Waals surface area (Å²) in [4.78, 5) is 21.0. The Morgan fingerprint density at radius 2 is 2.31 bits per heavy atom. The quantitative estimate of drug-likeness (QED) is 0.607. The summed E-state index contributed by atoms with van der Waals surface area (Å²) in [6, 6.07) is 2.39. The van der Waals surface area contributed by atoms with E-state index in [1.54, 1.807) is 6.92 Å². The molecule has 1 atom stereocenters. The lowest BCUT2D eigenvalue weighted by atomic mass is 10.1. The molecule has 0 aromatic heterocycles. The zero-order chi connectivity index (χ0) is 11.9. The lowest BCUT2D eigenvalue weighted by molar-refractivity contribution is -0.384. The monoisotopic (exact) mass is 223 g/mol. The Morgan fingerprint density at radius 3 is 2.88 bits per heavy atom. The topological polar surface area (TPSA) is 89.7 Å². The molecule has 0 radical (unpaired) electrons. The number of nitro groups is 1. The number of carboxylic acid groups (broad SMARTS) is 1. The molecule has 0 amide bonds. The summed E-state index contributed by atoms with van der Waals surface area (Å²) in [5.74, 6) is -0.959. The van der Waals surface area contributed by atoms with E-state index in [1.807, 2.05) is 0 Å². The number of benzene rings is 1. The van der Waals surface area contributed by atoms with E-state index in [0.717, 1.165) is 6.07 Å². The van der Waals surface area contributed by atoms with Gasteiger partial charge in [-0.25, -0.2) is 4.79 Å². The number of ether oxygens (including phenoxy) is 1. The van der Waals surface area contributed by atoms with Gasteiger partial charge >= 0.3 is 5.97 Å². The highest BCUT2D eigenvalue weighted by molar-refractivity contribution is 5.92. The highest BCUT2D eigenvalue weighted by Crippen LogP contribution is 2.35. The first-order valence-electron chi connectivity index (χ1n) is 4.70. The molecule has 2 rings (SSSR count). The van der Waals surface area contributed by atoms with E-state index in [4.69, 9.17) is 9.84 Å². The lowest BCUT2D eigenvalue weighted by Gasteiger charge is -2.05. The van der Waals surface area contributed by atoms with Gasteiger partial charge in [0, 0.05) is 24.1 Å². The summed E-state index contributed by atoms with van der Waals surface area (Å²) in [7, 11) is 0. The molecule has 0 aliphatic carbocycles. The second-order valence-corrected chi connectivity index (χ2v) is 3.68. The van der Waals surface area contributed by atoms with Crippen LogP contribution in [0.1, 0.15) is 22.8 Å². The van der Waals surface area contributed by atoms with E-state index in [1.165, 1.54) is 6.07 Å². The second-order valence-electron chi connectivity index (χ2n) is 3.68. The largest absolute Gasteiger partial charge is 0.489 e. The van der Waals surface area contributed by atoms with Crippen LogP contribution in [-0.2, 0) is 6.42 Å². The van der Waals surface area contributed by atoms with Crippen LogP contribution >= 0.6 is 0 Å². The number of nitro benzene ring substituents is 1. The minimum atomic E-state index is -1.21. The third-order valence-corrected chi connectivity index (χ3v) is 2.42. The summed E-state index contributed by atoms with van der Waals surface area (Å²) in [6.07, 6.45) is 0.354. The number of hydrogen-bond donors (Lipinski definition) is 1. The highest BCUT2D eigenvalue weighted by atomic mass is 16.6. The molecule has 1 aromatic rings. The van der Waals surface area contributed by atoms with Crippen molar-refractivity contribution in [3.63, 3.8) is 0 Å². The van der Waals surface area contributed by atoms with Crippen LogP contribution in [0.15, 0.2) is 12.1 Å². The molecule has 0 saturated carbocycles. The lowest BCUT2D eigenvalue weighted by Crippen LogP contribution is -2.07. The first kappa shape index (κ1) is 10.4. The van der Waals surface area contributed by atoms with Gasteiger partial charge in [0.25, 0.3) is 5.69 Å². The third kappa shape index (κ3) is 1.58. The maximum atomic E-state index is 10.9. The molecule has 0 spiro atoms. The number of non-ortho nitro benzene ring substituents is 1. The van der Waals surface area contributed by atoms with Crippen LogP contribution in [0.4, 0.5) is 5.69 Å². The molecule has 0 saturated heterocycles. The third-order valence-electron chi connectivity index (χ3n) is 2.42. The smallest absolute Gasteiger partial charge is 0.339 e. The molecule has 1 aromatic carbocycles. The fourth-order valence-electron chi connectivity index (χ4n) is 1.78. The molecule has 0 bridgehead atoms. The van der Waals surface area contributed by atoms with Gasteiger partial charge in [-0.05, 0) is 6.92 Å². The van der Waals surface area contributed by atoms with E-state index >= 15 is 0 Å². The fraction of sp³-hybridized carbons (Fsp3) is 0.300. The molecule has 1 aliphatic rings. The summed E-state index contributed by atoms with van der Waals surface area (Å²) < 4.78 is 5.33. The van der Waals surface area contributed by atoms with Crippen molar-refractivity contribution in [2.45, 2.75) is 19.4 Å². The molecular formula is C10H9NO5. The summed E-state index contributed by atoms with van der Waals surface area (Å²) in [6.45, 7) is 1.79. The van der Waals surface area contributed by atoms with E-state index in [2.05, 4.69) is 0 Å². The average molecular weight is 223 g/mol. The Bertz CT molecular complexity index is 482. The molecular weight excluding hydrogens is 214 g/mol. The van der Waals surface area contributed by atoms with Gasteiger partial charge in [-0.1, -0.05) is 0 Å². The summed E-state index contributed by atoms with van der Waals surface area (Å²) >= 11 is 0. The molecule has 1 N–H and O–H groups in total. The van der Waals surface area contributed by atoms with Crippen LogP contribution in [0.5, 0.6) is 5.75 Å². The Labute approximate surface area is 90.6 Å². The maximum Gasteiger partial charge on any atom is 0.339 e. The minimum Gasteiger partial charge on any atom is -0.489 e. The van der Waals surface area contributed by atoms with E-state index in [-0.39, 0.29) is 23.1 Å². The van der Waals surface area contributed by atoms with Crippen LogP contribution in [0, 0.1) is 10.1 Å². The number of fused-ring (bicyclic) bond motifs is 1. The summed E-state index contributed by atoms with van der Waals surface area (Å²) in [5, 5.41) is 19.6. The second kappa shape index (κ2) is 3.48. The van der Waals surface area contributed by atoms with Crippen molar-refractivity contribution in [1.82, 2.24) is 0 Å². The maximum absolute atomic E-state index is 10.9. The minimum absolute atomic E-state index is 0.143. The Balaban J connectivity index is 2.60. The highest BCUT2D eigenvalue weighted by Gasteiger charge is 2.28. The van der Waals surface area contributed by atoms with Gasteiger partial charge in [0.05, 0.1) is 4.92 Å². The van der Waals surface area contributed by atoms with Crippen LogP contribution in [0.3, 0.4) is 0 Å². The van der Waals surface area contributed by atoms with Crippen molar-refractivity contribution >= 4 is 11.7 Å². The van der Waals surface area contributed by atoms with Crippen molar-refractivity contribution in [2.75, 3.05) is 0 Å². The van der Waals surface area contributed by atoms with Crippen molar-refractivity contribution in [3.05, 3.63) is 33.4 Å². The number of nitrogens with zero attached hydrogens (tertiary/aromatic N) is 1. The van der Waals surface area contributed by atoms with Gasteiger partial charge in [0.15, 0.2) is 0 Å². The number of aromatic carboxylic acids is 1. The van der Waals surface area contributed by atoms with Gasteiger partial charge in [0.2, 0.25) is 0 Å². The zero-order valence-electron chi connectivity index (χ0n) is 8.47. The first-order chi connectivity index (χ1) is 7.49. The number of carboxylic acids is 1. The first-order valence-corrected chi connectivity index (χ1v) is 4.70. The summed E-state index contributed by atoms with van der Waals surface area (Å²) in [5.41, 5.74) is 0.224. The average Bonchev–Trinajstić information content (AvgIpc) is 2.55. The molecule has 0 unspecified atom stereocenters. The molecule has 1 aliphatic heterocycles. The molecule has 16 heavy (non-hydrogen) atoms. The standard InChI is InChI=1S/C10H9NO5/c1-5-2-6-3-7(11(14)15)4-8(10(12)13)9(6)16-5/h3-5H,2H2,1H3,(H,12,13)/t5-/m1/s1. The predicted octanol–water partition coefficient (Wildman–Crippen LogP) is 1.62. The fourth-order valence-corrected chi connectivity index (χ4v) is 1.78. The van der Waals surface area contributed by atoms with Gasteiger partial charge in [-0.2, -0.15) is 0 Å². The molecule has 1 heterocycles. The van der Waals surface area contributed by atoms with Gasteiger partial charge in [-0.15, -0.1) is 0 Å². The molecule has 6 nitrogen and oxygen atoms in total. The van der Waals surface area contributed by atoms with Crippen molar-refractivity contribution < 1.29 is 19.6 Å². The van der Waals surface area contributed by atoms with Crippen LogP contribution in [-0.4, -0.2) is 22.1 Å². The predicted molar refractivity (Wildman–Crippen MR) is 53.8 cm³/mol. The molecule has 0 fully saturated rings. The van der Waals surface area contributed by atoms with E-state index in [9.17, 15) is 14.9 Å². The SMILES string of the molecule is C[C@@H]1Cc2cc([N+](=O)[O-])cc(C(=O)O)c2O1. The van der Waals surface area contributed by atoms with Crippen molar-refractivity contribution in [3.8, 4) is 5.75 Å². The van der Waals surface area contributed by atoms with Crippen LogP contribution in [0.25, 0.3) is 0 Å². The van der Waals surface area contributed by atoms with Gasteiger partial charge in [-0.3, -0.25) is 10.1 Å². The zero-order valence-corrected chi connectivity index (χ0v) is 8.47. The van der Waals surface area contributed by atoms with Crippen molar-refractivity contribution in [1.29, 1.82) is 0 Å². The normalized spacial score (nSPS) is 17.7. The van der Waals surface area contributed by atoms with Crippen LogP contribution < -0.4 is 4.74 Å². The van der Waals surface area contributed by atoms with Gasteiger partial charge < -0.3 is 9.84 Å².